The standard InChI is InChI=1S/C41H58N4O11/c1-4-44-31(38-28(8-9-30(38)41(51)52)25-11-13-45-37(42)18-25)21-54-36-17-26(16-35(53-3)39(36)50)40-29(12-14-46)33(49)19-27(56-40)7-5-24-6-10-32(48)34(15-24)55-22-43-20-23(2)47/h6,8-11,15-18,23,27-31,33,38,40,43-50H,4-5,7,12-14,19-22,42H2,1-3H3,(H,51,52). The summed E-state index contributed by atoms with van der Waals surface area (Å²) in [7, 11) is 1.42. The van der Waals surface area contributed by atoms with Crippen LogP contribution in [0, 0.1) is 23.7 Å². The van der Waals surface area contributed by atoms with E-state index in [0.29, 0.717) is 56.0 Å². The maximum Gasteiger partial charge on any atom is 0.310 e. The van der Waals surface area contributed by atoms with Gasteiger partial charge in [-0.3, -0.25) is 10.1 Å². The molecule has 3 aliphatic rings. The number of hydrogen-bond donors (Lipinski definition) is 10. The van der Waals surface area contributed by atoms with Crippen molar-refractivity contribution in [1.82, 2.24) is 16.0 Å². The van der Waals surface area contributed by atoms with Gasteiger partial charge in [0, 0.05) is 43.5 Å². The number of nitrogens with one attached hydrogen (secondary N) is 3. The Kier molecular flexibility index (Phi) is 15.3. The zero-order valence-corrected chi connectivity index (χ0v) is 32.3. The van der Waals surface area contributed by atoms with Crippen molar-refractivity contribution in [3.63, 3.8) is 0 Å². The summed E-state index contributed by atoms with van der Waals surface area (Å²) in [5, 5.41) is 72.1. The van der Waals surface area contributed by atoms with Crippen LogP contribution in [-0.4, -0.2) is 108 Å². The summed E-state index contributed by atoms with van der Waals surface area (Å²) in [6, 6.07) is 7.94. The van der Waals surface area contributed by atoms with Gasteiger partial charge in [-0.2, -0.15) is 0 Å². The van der Waals surface area contributed by atoms with Crippen molar-refractivity contribution in [2.75, 3.05) is 46.7 Å². The van der Waals surface area contributed by atoms with Gasteiger partial charge in [0.25, 0.3) is 0 Å². The van der Waals surface area contributed by atoms with E-state index in [1.807, 2.05) is 25.2 Å². The molecular weight excluding hydrogens is 724 g/mol. The van der Waals surface area contributed by atoms with E-state index in [4.69, 9.17) is 24.7 Å². The first-order chi connectivity index (χ1) is 26.9. The number of phenolic OH excluding ortho intramolecular Hbond substituents is 2. The van der Waals surface area contributed by atoms with Crippen LogP contribution in [0.3, 0.4) is 0 Å². The second-order valence-corrected chi connectivity index (χ2v) is 14.7. The SMILES string of the molecule is CCNC(COc1cc(C2OC(CCc3ccc(O)c(OCNCC(C)O)c3)CC(O)C2CCO)cc(OC)c1O)C1C(C(=O)O)C=CC1C1=CCNC(N)=C1. The number of aryl methyl sites for hydroxylation is 1. The number of nitrogens with two attached hydrogens (primary N) is 1. The largest absolute Gasteiger partial charge is 0.504 e. The predicted octanol–water partition coefficient (Wildman–Crippen LogP) is 2.43. The molecule has 0 aromatic heterocycles. The van der Waals surface area contributed by atoms with Crippen LogP contribution in [0.2, 0.25) is 0 Å². The summed E-state index contributed by atoms with van der Waals surface area (Å²) in [5.41, 5.74) is 8.45. The van der Waals surface area contributed by atoms with Gasteiger partial charge in [-0.05, 0) is 86.2 Å². The summed E-state index contributed by atoms with van der Waals surface area (Å²) in [6.07, 6.45) is 6.71. The number of carbonyl (C=O) groups is 1. The van der Waals surface area contributed by atoms with E-state index in [1.165, 1.54) is 7.11 Å². The van der Waals surface area contributed by atoms with Crippen LogP contribution in [0.1, 0.15) is 50.3 Å². The monoisotopic (exact) mass is 782 g/mol. The molecule has 1 fully saturated rings. The smallest absolute Gasteiger partial charge is 0.310 e. The lowest BCUT2D eigenvalue weighted by Gasteiger charge is -2.40. The van der Waals surface area contributed by atoms with Crippen molar-refractivity contribution < 1.29 is 54.4 Å². The number of allylic oxidation sites excluding steroid dienone is 3. The zero-order chi connectivity index (χ0) is 40.4. The first-order valence-corrected chi connectivity index (χ1v) is 19.3. The molecule has 15 nitrogen and oxygen atoms in total. The fourth-order valence-electron chi connectivity index (χ4n) is 7.96. The fraction of sp³-hybridized carbons (Fsp3) is 0.537. The average molecular weight is 783 g/mol. The highest BCUT2D eigenvalue weighted by atomic mass is 16.5. The minimum atomic E-state index is -0.951. The minimum Gasteiger partial charge on any atom is -0.504 e. The molecule has 0 radical (unpaired) electrons. The van der Waals surface area contributed by atoms with Gasteiger partial charge >= 0.3 is 5.97 Å². The minimum absolute atomic E-state index is 0.0111. The van der Waals surface area contributed by atoms with Gasteiger partial charge in [0.1, 0.15) is 13.3 Å². The van der Waals surface area contributed by atoms with Crippen molar-refractivity contribution in [3.05, 3.63) is 77.2 Å². The molecule has 2 aromatic carbocycles. The predicted molar refractivity (Wildman–Crippen MR) is 208 cm³/mol. The number of benzene rings is 2. The molecule has 0 amide bonds. The molecule has 9 atom stereocenters. The molecule has 2 aliphatic heterocycles. The first kappa shape index (κ1) is 42.6. The van der Waals surface area contributed by atoms with E-state index in [-0.39, 0.29) is 61.4 Å². The number of aromatic hydroxyl groups is 2. The number of phenols is 2. The summed E-state index contributed by atoms with van der Waals surface area (Å²) in [6.45, 7) is 4.94. The molecule has 308 valence electrons. The highest BCUT2D eigenvalue weighted by molar-refractivity contribution is 5.74. The normalized spacial score (nSPS) is 25.8. The molecule has 1 saturated heterocycles. The Morgan fingerprint density at radius 3 is 2.59 bits per heavy atom. The van der Waals surface area contributed by atoms with Crippen LogP contribution in [0.25, 0.3) is 0 Å². The van der Waals surface area contributed by atoms with Crippen LogP contribution in [0.4, 0.5) is 0 Å². The van der Waals surface area contributed by atoms with Crippen LogP contribution in [0.15, 0.2) is 66.0 Å². The van der Waals surface area contributed by atoms with E-state index < -0.39 is 48.1 Å². The maximum atomic E-state index is 12.5. The zero-order valence-electron chi connectivity index (χ0n) is 32.3. The van der Waals surface area contributed by atoms with Crippen molar-refractivity contribution in [1.29, 1.82) is 0 Å². The third kappa shape index (κ3) is 10.7. The molecule has 2 heterocycles. The Balaban J connectivity index is 1.35. The Bertz CT molecular complexity index is 1720. The maximum absolute atomic E-state index is 12.5. The average Bonchev–Trinajstić information content (AvgIpc) is 3.62. The Hall–Kier alpha value is -4.51. The van der Waals surface area contributed by atoms with E-state index in [1.54, 1.807) is 43.3 Å². The van der Waals surface area contributed by atoms with Crippen molar-refractivity contribution in [3.8, 4) is 28.7 Å². The van der Waals surface area contributed by atoms with Gasteiger partial charge < -0.3 is 66.0 Å². The fourth-order valence-corrected chi connectivity index (χ4v) is 7.96. The summed E-state index contributed by atoms with van der Waals surface area (Å²) < 4.78 is 24.2. The topological polar surface area (TPSA) is 237 Å². The molecular formula is C41H58N4O11. The van der Waals surface area contributed by atoms with Crippen molar-refractivity contribution in [2.45, 2.75) is 70.0 Å². The summed E-state index contributed by atoms with van der Waals surface area (Å²) >= 11 is 0. The number of aliphatic carboxylic acids is 1. The number of carboxylic acid groups (broad SMARTS) is 1. The van der Waals surface area contributed by atoms with E-state index in [9.17, 15) is 35.4 Å². The number of methoxy groups -OCH3 is 1. The number of rotatable bonds is 20. The highest BCUT2D eigenvalue weighted by Gasteiger charge is 2.43. The Labute approximate surface area is 327 Å². The van der Waals surface area contributed by atoms with Gasteiger partial charge in [0.15, 0.2) is 23.0 Å². The third-order valence-corrected chi connectivity index (χ3v) is 10.7. The van der Waals surface area contributed by atoms with Crippen molar-refractivity contribution in [2.24, 2.45) is 29.4 Å². The number of likely N-dealkylation sites (N-methyl/N-ethyl adjacent to an activating group) is 1. The molecule has 9 unspecified atom stereocenters. The molecule has 2 aromatic rings. The number of dihydropyridines is 1. The Morgan fingerprint density at radius 2 is 1.89 bits per heavy atom. The van der Waals surface area contributed by atoms with E-state index >= 15 is 0 Å². The first-order valence-electron chi connectivity index (χ1n) is 19.3. The van der Waals surface area contributed by atoms with E-state index in [0.717, 1.165) is 11.1 Å². The molecule has 0 bridgehead atoms. The molecule has 15 heteroatoms. The lowest BCUT2D eigenvalue weighted by Crippen LogP contribution is -2.47. The van der Waals surface area contributed by atoms with E-state index in [2.05, 4.69) is 16.0 Å². The highest BCUT2D eigenvalue weighted by Crippen LogP contribution is 2.46. The molecule has 56 heavy (non-hydrogen) atoms. The van der Waals surface area contributed by atoms with Gasteiger partial charge in [-0.15, -0.1) is 0 Å². The van der Waals surface area contributed by atoms with Gasteiger partial charge in [0.2, 0.25) is 5.75 Å². The third-order valence-electron chi connectivity index (χ3n) is 10.7. The van der Waals surface area contributed by atoms with Gasteiger partial charge in [-0.1, -0.05) is 31.2 Å². The number of aliphatic hydroxyl groups excluding tert-OH is 3. The number of carboxylic acids is 1. The number of aliphatic hydroxyl groups is 3. The summed E-state index contributed by atoms with van der Waals surface area (Å²) in [5.74, 6) is -2.10. The Morgan fingerprint density at radius 1 is 1.11 bits per heavy atom. The van der Waals surface area contributed by atoms with Crippen LogP contribution in [-0.2, 0) is 16.0 Å². The molecule has 0 saturated carbocycles. The lowest BCUT2D eigenvalue weighted by molar-refractivity contribution is -0.144. The van der Waals surface area contributed by atoms with Gasteiger partial charge in [0.05, 0.1) is 43.3 Å². The van der Waals surface area contributed by atoms with Crippen LogP contribution in [0.5, 0.6) is 28.7 Å². The quantitative estimate of drug-likeness (QED) is 0.0528. The summed E-state index contributed by atoms with van der Waals surface area (Å²) in [4.78, 5) is 12.5. The molecule has 1 aliphatic carbocycles. The second-order valence-electron chi connectivity index (χ2n) is 14.7. The van der Waals surface area contributed by atoms with Gasteiger partial charge in [-0.25, -0.2) is 0 Å². The lowest BCUT2D eigenvalue weighted by atomic mass is 9.78. The molecule has 5 rings (SSSR count). The number of ether oxygens (including phenoxy) is 4. The van der Waals surface area contributed by atoms with Crippen LogP contribution < -0.4 is 35.9 Å². The van der Waals surface area contributed by atoms with Crippen molar-refractivity contribution >= 4 is 5.97 Å². The number of hydrogen-bond acceptors (Lipinski definition) is 14. The van der Waals surface area contributed by atoms with Crippen LogP contribution >= 0.6 is 0 Å². The molecule has 11 N–H and O–H groups in total. The second kappa shape index (κ2) is 20.1. The molecule has 0 spiro atoms.